The molecule has 308 valence electrons. The van der Waals surface area contributed by atoms with Gasteiger partial charge in [-0.15, -0.1) is 22.7 Å². The molecular weight excluding hydrogens is 820 g/mol. The van der Waals surface area contributed by atoms with E-state index in [1.807, 2.05) is 37.3 Å². The van der Waals surface area contributed by atoms with E-state index < -0.39 is 6.67 Å². The smallest absolute Gasteiger partial charge is 0.191 e. The van der Waals surface area contributed by atoms with Gasteiger partial charge in [0.2, 0.25) is 0 Å². The van der Waals surface area contributed by atoms with Crippen molar-refractivity contribution in [3.63, 3.8) is 0 Å². The summed E-state index contributed by atoms with van der Waals surface area (Å²) < 4.78 is 34.5. The molecule has 0 aliphatic carbocycles. The van der Waals surface area contributed by atoms with Crippen molar-refractivity contribution in [1.82, 2.24) is 29.9 Å². The maximum absolute atomic E-state index is 12.5. The van der Waals surface area contributed by atoms with E-state index >= 15 is 0 Å². The quantitative estimate of drug-likeness (QED) is 0.0470. The van der Waals surface area contributed by atoms with E-state index in [0.29, 0.717) is 63.2 Å². The fourth-order valence-corrected chi connectivity index (χ4v) is 9.27. The number of hydrogen-bond donors (Lipinski definition) is 4. The van der Waals surface area contributed by atoms with Gasteiger partial charge in [0, 0.05) is 44.5 Å². The number of nitrogens with two attached hydrogens (primary N) is 4. The molecule has 0 aliphatic heterocycles. The molecule has 0 atom stereocenters. The highest BCUT2D eigenvalue weighted by Gasteiger charge is 2.17. The predicted molar refractivity (Wildman–Crippen MR) is 235 cm³/mol. The average Bonchev–Trinajstić information content (AvgIpc) is 3.79. The lowest BCUT2D eigenvalue weighted by atomic mass is 10.2. The van der Waals surface area contributed by atoms with E-state index in [-0.39, 0.29) is 6.61 Å². The third kappa shape index (κ3) is 12.2. The number of halogens is 1. The van der Waals surface area contributed by atoms with Crippen molar-refractivity contribution in [3.8, 4) is 44.1 Å². The first kappa shape index (κ1) is 44.0. The number of rotatable bonds is 18. The maximum Gasteiger partial charge on any atom is 0.191 e. The standard InChI is InChI=1S/C21H27N5O2S2.C18H20FN5O2S2/c1-4-6-17-14(12-29-21-25-18(22)11-19(23)26-21)24-20(30-17)13-7-8-15(27-3)16(10-13)28-9-5-2;1-10-12(9-27-18-23-15(20)8-16(21)24-18)22-17(28-10)11-3-4-13(25-2)14(7-11)26-6-5-19/h7-8,10-11H,4-6,9,12H2,1-3H3,(H4,22,23,25,26);3-4,7-8H,5-6,9H2,1-2H3,(H4,20,21,23,24). The molecule has 0 saturated carbocycles. The topological polar surface area (TPSA) is 218 Å². The van der Waals surface area contributed by atoms with Crippen LogP contribution in [0.2, 0.25) is 0 Å². The lowest BCUT2D eigenvalue weighted by molar-refractivity contribution is 0.260. The second-order valence-corrected chi connectivity index (χ2v) is 16.5. The Hall–Kier alpha value is -5.11. The van der Waals surface area contributed by atoms with Gasteiger partial charge in [0.05, 0.1) is 32.2 Å². The third-order valence-electron chi connectivity index (χ3n) is 7.93. The van der Waals surface area contributed by atoms with Crippen LogP contribution in [-0.2, 0) is 17.9 Å². The Balaban J connectivity index is 0.000000221. The molecule has 0 aliphatic rings. The first-order valence-electron chi connectivity index (χ1n) is 18.2. The molecule has 0 bridgehead atoms. The summed E-state index contributed by atoms with van der Waals surface area (Å²) in [6, 6.07) is 14.5. The Morgan fingerprint density at radius 2 is 1.09 bits per heavy atom. The fourth-order valence-electron chi connectivity index (χ4n) is 5.25. The van der Waals surface area contributed by atoms with Crippen molar-refractivity contribution in [2.75, 3.05) is 57.0 Å². The molecule has 19 heteroatoms. The Bertz CT molecular complexity index is 2240. The number of nitrogen functional groups attached to an aromatic ring is 4. The number of benzene rings is 2. The number of aryl methyl sites for hydroxylation is 2. The first-order valence-corrected chi connectivity index (χ1v) is 21.8. The molecule has 58 heavy (non-hydrogen) atoms. The lowest BCUT2D eigenvalue weighted by Gasteiger charge is -2.10. The number of anilines is 4. The Kier molecular flexibility index (Phi) is 16.4. The number of alkyl halides is 1. The summed E-state index contributed by atoms with van der Waals surface area (Å²) in [7, 11) is 3.20. The zero-order valence-electron chi connectivity index (χ0n) is 32.9. The SMILES string of the molecule is CCCOc1cc(-c2nc(CSc3nc(N)cc(N)n3)c(CCC)s2)ccc1OC.COc1ccc(-c2nc(CSc3nc(N)cc(N)n3)c(C)s2)cc1OCCF. The summed E-state index contributed by atoms with van der Waals surface area (Å²) in [4.78, 5) is 28.8. The second kappa shape index (κ2) is 21.6. The monoisotopic (exact) mass is 866 g/mol. The third-order valence-corrected chi connectivity index (χ3v) is 11.9. The van der Waals surface area contributed by atoms with Gasteiger partial charge in [-0.25, -0.2) is 34.3 Å². The molecule has 4 heterocycles. The lowest BCUT2D eigenvalue weighted by Crippen LogP contribution is -2.00. The van der Waals surface area contributed by atoms with Gasteiger partial charge in [-0.05, 0) is 56.2 Å². The van der Waals surface area contributed by atoms with Crippen molar-refractivity contribution in [2.45, 2.75) is 61.9 Å². The van der Waals surface area contributed by atoms with Crippen LogP contribution in [0.3, 0.4) is 0 Å². The van der Waals surface area contributed by atoms with E-state index in [2.05, 4.69) is 33.8 Å². The molecule has 0 saturated heterocycles. The van der Waals surface area contributed by atoms with Gasteiger partial charge in [-0.3, -0.25) is 0 Å². The van der Waals surface area contributed by atoms with E-state index in [4.69, 9.17) is 51.9 Å². The Labute approximate surface area is 353 Å². The summed E-state index contributed by atoms with van der Waals surface area (Å²) in [5.41, 5.74) is 26.8. The minimum atomic E-state index is -0.568. The normalized spacial score (nSPS) is 10.9. The molecular formula is C39H47FN10O4S4. The zero-order valence-corrected chi connectivity index (χ0v) is 36.2. The summed E-state index contributed by atoms with van der Waals surface area (Å²) in [5, 5.41) is 2.88. The van der Waals surface area contributed by atoms with Crippen LogP contribution in [-0.4, -0.2) is 64.0 Å². The van der Waals surface area contributed by atoms with Gasteiger partial charge in [0.25, 0.3) is 0 Å². The van der Waals surface area contributed by atoms with Gasteiger partial charge < -0.3 is 41.9 Å². The van der Waals surface area contributed by atoms with Crippen LogP contribution < -0.4 is 41.9 Å². The van der Waals surface area contributed by atoms with Gasteiger partial charge in [-0.1, -0.05) is 43.8 Å². The first-order chi connectivity index (χ1) is 28.0. The number of methoxy groups -OCH3 is 2. The van der Waals surface area contributed by atoms with E-state index in [1.165, 1.54) is 34.5 Å². The molecule has 0 spiro atoms. The van der Waals surface area contributed by atoms with Gasteiger partial charge in [-0.2, -0.15) is 0 Å². The van der Waals surface area contributed by atoms with Crippen molar-refractivity contribution >= 4 is 69.5 Å². The minimum Gasteiger partial charge on any atom is -0.493 e. The largest absolute Gasteiger partial charge is 0.493 e. The van der Waals surface area contributed by atoms with E-state index in [0.717, 1.165) is 68.2 Å². The Morgan fingerprint density at radius 1 is 0.603 bits per heavy atom. The zero-order chi connectivity index (χ0) is 41.6. The van der Waals surface area contributed by atoms with E-state index in [9.17, 15) is 4.39 Å². The number of hydrogen-bond acceptors (Lipinski definition) is 18. The number of thiazole rings is 2. The van der Waals surface area contributed by atoms with Crippen LogP contribution in [0.5, 0.6) is 23.0 Å². The van der Waals surface area contributed by atoms with E-state index in [1.54, 1.807) is 49.0 Å². The molecule has 0 unspecified atom stereocenters. The molecule has 0 fully saturated rings. The highest BCUT2D eigenvalue weighted by Crippen LogP contribution is 2.38. The second-order valence-electron chi connectivity index (χ2n) is 12.4. The molecule has 6 aromatic rings. The number of nitrogens with zero attached hydrogens (tertiary/aromatic N) is 6. The average molecular weight is 867 g/mol. The summed E-state index contributed by atoms with van der Waals surface area (Å²) in [6.45, 7) is 6.31. The number of thioether (sulfide) groups is 2. The van der Waals surface area contributed by atoms with Gasteiger partial charge >= 0.3 is 0 Å². The van der Waals surface area contributed by atoms with Gasteiger partial charge in [0.1, 0.15) is 46.6 Å². The molecule has 0 radical (unpaired) electrons. The molecule has 14 nitrogen and oxygen atoms in total. The van der Waals surface area contributed by atoms with Crippen molar-refractivity contribution < 1.29 is 23.3 Å². The van der Waals surface area contributed by atoms with Crippen LogP contribution >= 0.6 is 46.2 Å². The van der Waals surface area contributed by atoms with Crippen molar-refractivity contribution in [1.29, 1.82) is 0 Å². The number of ether oxygens (including phenoxy) is 4. The maximum atomic E-state index is 12.5. The van der Waals surface area contributed by atoms with Crippen LogP contribution in [0.15, 0.2) is 58.8 Å². The molecule has 8 N–H and O–H groups in total. The van der Waals surface area contributed by atoms with Crippen LogP contribution in [0, 0.1) is 6.92 Å². The summed E-state index contributed by atoms with van der Waals surface area (Å²) in [6.07, 6.45) is 2.96. The van der Waals surface area contributed by atoms with Crippen LogP contribution in [0.4, 0.5) is 27.7 Å². The van der Waals surface area contributed by atoms with Crippen LogP contribution in [0.1, 0.15) is 47.8 Å². The molecule has 6 rings (SSSR count). The fraction of sp³-hybridized carbons (Fsp3) is 0.333. The molecule has 2 aromatic carbocycles. The minimum absolute atomic E-state index is 0.0259. The highest BCUT2D eigenvalue weighted by molar-refractivity contribution is 7.98. The van der Waals surface area contributed by atoms with Crippen molar-refractivity contribution in [2.24, 2.45) is 0 Å². The highest BCUT2D eigenvalue weighted by atomic mass is 32.2. The predicted octanol–water partition coefficient (Wildman–Crippen LogP) is 8.53. The summed E-state index contributed by atoms with van der Waals surface area (Å²) >= 11 is 6.19. The van der Waals surface area contributed by atoms with Crippen molar-refractivity contribution in [3.05, 3.63) is 69.7 Å². The number of aromatic nitrogens is 6. The van der Waals surface area contributed by atoms with Gasteiger partial charge in [0.15, 0.2) is 33.3 Å². The summed E-state index contributed by atoms with van der Waals surface area (Å²) in [5.74, 6) is 5.17. The van der Waals surface area contributed by atoms with Crippen LogP contribution in [0.25, 0.3) is 21.1 Å². The Morgan fingerprint density at radius 3 is 1.57 bits per heavy atom. The molecule has 0 amide bonds. The molecule has 4 aromatic heterocycles.